The minimum Gasteiger partial charge on any atom is -0.256 e. The summed E-state index contributed by atoms with van der Waals surface area (Å²) in [6.07, 6.45) is 1.96. The van der Waals surface area contributed by atoms with Crippen LogP contribution in [0.2, 0.25) is 0 Å². The monoisotopic (exact) mass is 700 g/mol. The Bertz CT molecular complexity index is 3260. The van der Waals surface area contributed by atoms with Crippen LogP contribution in [0.3, 0.4) is 0 Å². The predicted octanol–water partition coefficient (Wildman–Crippen LogP) is 13.1. The fraction of sp³-hybridized carbons (Fsp3) is 0. The normalized spacial score (nSPS) is 11.6. The molecular formula is C51H32N4. The van der Waals surface area contributed by atoms with Gasteiger partial charge in [-0.1, -0.05) is 152 Å². The molecule has 0 bridgehead atoms. The molecule has 0 fully saturated rings. The van der Waals surface area contributed by atoms with Gasteiger partial charge in [0.05, 0.1) is 11.2 Å². The highest BCUT2D eigenvalue weighted by molar-refractivity contribution is 6.22. The Balaban J connectivity index is 1.05. The molecule has 2 heterocycles. The molecule has 256 valence electrons. The lowest BCUT2D eigenvalue weighted by Crippen LogP contribution is -2.00. The van der Waals surface area contributed by atoms with Crippen molar-refractivity contribution in [3.8, 4) is 50.2 Å². The molecule has 0 saturated heterocycles. The van der Waals surface area contributed by atoms with Gasteiger partial charge in [-0.15, -0.1) is 15.0 Å². The molecule has 0 aliphatic heterocycles. The van der Waals surface area contributed by atoms with Crippen LogP contribution in [0, 0.1) is 0 Å². The molecule has 0 radical (unpaired) electrons. The van der Waals surface area contributed by atoms with Gasteiger partial charge in [-0.2, -0.15) is 0 Å². The molecule has 0 amide bonds. The minimum absolute atomic E-state index is 0.844. The standard InChI is InChI=1S/C51H32N4/c1-3-13-33(14-4-1)50-42-20-10-11-21-43(42)51(34-15-5-2-6-16-34)45-30-35(23-25-44(45)50)36-24-27-47-48(31-36)54-55(53-47)49-28-26-39(40-18-8-9-19-41(40)49)38-29-37-17-7-12-22-46(37)52-32-38/h1-32H. The number of para-hydroxylation sites is 1. The van der Waals surface area contributed by atoms with Gasteiger partial charge in [-0.3, -0.25) is 4.98 Å². The molecule has 0 saturated carbocycles. The van der Waals surface area contributed by atoms with Gasteiger partial charge in [-0.05, 0) is 102 Å². The Hall–Kier alpha value is -7.43. The highest BCUT2D eigenvalue weighted by Gasteiger charge is 2.18. The number of nitrogens with zero attached hydrogens (tertiary/aromatic N) is 4. The Labute approximate surface area is 317 Å². The molecule has 0 aliphatic rings. The minimum atomic E-state index is 0.844. The molecule has 55 heavy (non-hydrogen) atoms. The number of benzene rings is 9. The Morgan fingerprint density at radius 3 is 1.67 bits per heavy atom. The first-order chi connectivity index (χ1) is 27.3. The summed E-state index contributed by atoms with van der Waals surface area (Å²) in [6.45, 7) is 0. The number of hydrogen-bond donors (Lipinski definition) is 0. The summed E-state index contributed by atoms with van der Waals surface area (Å²) in [7, 11) is 0. The van der Waals surface area contributed by atoms with E-state index in [-0.39, 0.29) is 0 Å². The summed E-state index contributed by atoms with van der Waals surface area (Å²) in [5, 5.41) is 18.3. The van der Waals surface area contributed by atoms with E-state index in [4.69, 9.17) is 15.2 Å². The van der Waals surface area contributed by atoms with Crippen molar-refractivity contribution in [1.82, 2.24) is 20.0 Å². The third-order valence-electron chi connectivity index (χ3n) is 10.9. The summed E-state index contributed by atoms with van der Waals surface area (Å²) in [5.74, 6) is 0. The SMILES string of the molecule is c1ccc(-c2c3ccccc3c(-c3ccccc3)c3cc(-c4ccc5nn(-c6ccc(-c7cnc8ccccc8c7)c7ccccc67)nc5c4)ccc23)cc1. The zero-order chi connectivity index (χ0) is 36.3. The third-order valence-corrected chi connectivity index (χ3v) is 10.9. The van der Waals surface area contributed by atoms with Crippen LogP contribution in [0.1, 0.15) is 0 Å². The second kappa shape index (κ2) is 12.6. The first kappa shape index (κ1) is 31.1. The number of hydrogen-bond acceptors (Lipinski definition) is 3. The van der Waals surface area contributed by atoms with E-state index in [0.29, 0.717) is 0 Å². The van der Waals surface area contributed by atoms with E-state index < -0.39 is 0 Å². The number of pyridine rings is 1. The van der Waals surface area contributed by atoms with Crippen molar-refractivity contribution in [2.45, 2.75) is 0 Å². The molecule has 4 nitrogen and oxygen atoms in total. The fourth-order valence-electron chi connectivity index (χ4n) is 8.32. The highest BCUT2D eigenvalue weighted by atomic mass is 15.5. The Kier molecular flexibility index (Phi) is 7.14. The predicted molar refractivity (Wildman–Crippen MR) is 228 cm³/mol. The van der Waals surface area contributed by atoms with Crippen molar-refractivity contribution in [1.29, 1.82) is 0 Å². The molecular weight excluding hydrogens is 669 g/mol. The Morgan fingerprint density at radius 1 is 0.327 bits per heavy atom. The van der Waals surface area contributed by atoms with Crippen molar-refractivity contribution in [3.05, 3.63) is 194 Å². The van der Waals surface area contributed by atoms with Crippen molar-refractivity contribution < 1.29 is 0 Å². The van der Waals surface area contributed by atoms with Gasteiger partial charge in [0, 0.05) is 22.5 Å². The van der Waals surface area contributed by atoms with Crippen molar-refractivity contribution in [3.63, 3.8) is 0 Å². The van der Waals surface area contributed by atoms with Gasteiger partial charge in [-0.25, -0.2) is 0 Å². The Morgan fingerprint density at radius 2 is 0.909 bits per heavy atom. The largest absolute Gasteiger partial charge is 0.256 e. The van der Waals surface area contributed by atoms with Gasteiger partial charge in [0.25, 0.3) is 0 Å². The van der Waals surface area contributed by atoms with E-state index in [0.717, 1.165) is 60.6 Å². The van der Waals surface area contributed by atoms with Gasteiger partial charge in [0.2, 0.25) is 0 Å². The lowest BCUT2D eigenvalue weighted by Gasteiger charge is -2.18. The lowest BCUT2D eigenvalue weighted by atomic mass is 9.85. The number of fused-ring (bicyclic) bond motifs is 5. The molecule has 0 aliphatic carbocycles. The van der Waals surface area contributed by atoms with E-state index >= 15 is 0 Å². The van der Waals surface area contributed by atoms with E-state index in [2.05, 4.69) is 176 Å². The maximum Gasteiger partial charge on any atom is 0.114 e. The van der Waals surface area contributed by atoms with Crippen LogP contribution in [0.5, 0.6) is 0 Å². The van der Waals surface area contributed by atoms with Crippen molar-refractivity contribution >= 4 is 54.3 Å². The van der Waals surface area contributed by atoms with Gasteiger partial charge >= 0.3 is 0 Å². The van der Waals surface area contributed by atoms with Crippen molar-refractivity contribution in [2.75, 3.05) is 0 Å². The summed E-state index contributed by atoms with van der Waals surface area (Å²) in [6, 6.07) is 66.9. The van der Waals surface area contributed by atoms with E-state index in [9.17, 15) is 0 Å². The molecule has 0 spiro atoms. The van der Waals surface area contributed by atoms with E-state index in [1.54, 1.807) is 4.80 Å². The third kappa shape index (κ3) is 5.19. The number of aromatic nitrogens is 4. The molecule has 2 aromatic heterocycles. The van der Waals surface area contributed by atoms with Crippen LogP contribution >= 0.6 is 0 Å². The molecule has 11 rings (SSSR count). The fourth-order valence-corrected chi connectivity index (χ4v) is 8.32. The average molecular weight is 701 g/mol. The molecule has 0 atom stereocenters. The maximum atomic E-state index is 5.08. The van der Waals surface area contributed by atoms with Crippen LogP contribution in [0.25, 0.3) is 104 Å². The summed E-state index contributed by atoms with van der Waals surface area (Å²) in [4.78, 5) is 6.53. The van der Waals surface area contributed by atoms with Crippen LogP contribution in [-0.4, -0.2) is 20.0 Å². The highest BCUT2D eigenvalue weighted by Crippen LogP contribution is 2.45. The van der Waals surface area contributed by atoms with Crippen LogP contribution in [-0.2, 0) is 0 Å². The van der Waals surface area contributed by atoms with E-state index in [1.165, 1.54) is 43.8 Å². The molecule has 0 N–H and O–H groups in total. The second-order valence-corrected chi connectivity index (χ2v) is 14.1. The smallest absolute Gasteiger partial charge is 0.114 e. The topological polar surface area (TPSA) is 43.6 Å². The summed E-state index contributed by atoms with van der Waals surface area (Å²) in [5.41, 5.74) is 13.0. The van der Waals surface area contributed by atoms with E-state index in [1.807, 2.05) is 18.3 Å². The van der Waals surface area contributed by atoms with Crippen LogP contribution < -0.4 is 0 Å². The maximum absolute atomic E-state index is 5.08. The molecule has 11 aromatic rings. The van der Waals surface area contributed by atoms with Crippen molar-refractivity contribution in [2.24, 2.45) is 0 Å². The molecule has 0 unspecified atom stereocenters. The quantitative estimate of drug-likeness (QED) is 0.168. The first-order valence-electron chi connectivity index (χ1n) is 18.6. The number of rotatable bonds is 5. The van der Waals surface area contributed by atoms with Crippen LogP contribution in [0.15, 0.2) is 194 Å². The summed E-state index contributed by atoms with van der Waals surface area (Å²) < 4.78 is 0. The average Bonchev–Trinajstić information content (AvgIpc) is 3.69. The zero-order valence-electron chi connectivity index (χ0n) is 29.8. The first-order valence-corrected chi connectivity index (χ1v) is 18.6. The van der Waals surface area contributed by atoms with Gasteiger partial charge < -0.3 is 0 Å². The summed E-state index contributed by atoms with van der Waals surface area (Å²) >= 11 is 0. The van der Waals surface area contributed by atoms with Gasteiger partial charge in [0.15, 0.2) is 0 Å². The molecule has 9 aromatic carbocycles. The van der Waals surface area contributed by atoms with Crippen LogP contribution in [0.4, 0.5) is 0 Å². The zero-order valence-corrected chi connectivity index (χ0v) is 29.8. The lowest BCUT2D eigenvalue weighted by molar-refractivity contribution is 0.771. The van der Waals surface area contributed by atoms with Gasteiger partial charge in [0.1, 0.15) is 11.0 Å². The molecule has 4 heteroatoms. The second-order valence-electron chi connectivity index (χ2n) is 14.1.